The van der Waals surface area contributed by atoms with Gasteiger partial charge in [0.25, 0.3) is 5.91 Å². The van der Waals surface area contributed by atoms with E-state index in [-0.39, 0.29) is 23.5 Å². The number of rotatable bonds is 1. The average Bonchev–Trinajstić information content (AvgIpc) is 2.79. The van der Waals surface area contributed by atoms with E-state index in [1.54, 1.807) is 15.9 Å². The Morgan fingerprint density at radius 2 is 2.16 bits per heavy atom. The maximum absolute atomic E-state index is 12.3. The number of aromatic nitrogens is 1. The molecule has 7 nitrogen and oxygen atoms in total. The fourth-order valence-electron chi connectivity index (χ4n) is 2.55. The van der Waals surface area contributed by atoms with Gasteiger partial charge in [0.1, 0.15) is 0 Å². The lowest BCUT2D eigenvalue weighted by Crippen LogP contribution is -2.53. The van der Waals surface area contributed by atoms with Gasteiger partial charge in [0.15, 0.2) is 0 Å². The molecule has 7 heteroatoms. The van der Waals surface area contributed by atoms with Crippen molar-refractivity contribution in [3.63, 3.8) is 0 Å². The maximum Gasteiger partial charge on any atom is 0.317 e. The summed E-state index contributed by atoms with van der Waals surface area (Å²) in [6.07, 6.45) is 1.46. The summed E-state index contributed by atoms with van der Waals surface area (Å²) in [5, 5.41) is 2.76. The van der Waals surface area contributed by atoms with Gasteiger partial charge in [0.2, 0.25) is 5.56 Å². The Bertz CT molecular complexity index is 582. The summed E-state index contributed by atoms with van der Waals surface area (Å²) in [6.45, 7) is 2.10. The molecule has 0 spiro atoms. The third-order valence-electron chi connectivity index (χ3n) is 3.54. The Morgan fingerprint density at radius 1 is 1.32 bits per heavy atom. The molecule has 19 heavy (non-hydrogen) atoms. The largest absolute Gasteiger partial charge is 0.336 e. The van der Waals surface area contributed by atoms with E-state index in [1.165, 1.54) is 12.3 Å². The van der Waals surface area contributed by atoms with Gasteiger partial charge in [-0.15, -0.1) is 0 Å². The number of hydrogen-bond donors (Lipinski definition) is 2. The van der Waals surface area contributed by atoms with E-state index < -0.39 is 0 Å². The molecule has 0 aliphatic carbocycles. The minimum atomic E-state index is -0.290. The number of hydrogen-bond acceptors (Lipinski definition) is 3. The second kappa shape index (κ2) is 4.42. The number of piperazine rings is 1. The summed E-state index contributed by atoms with van der Waals surface area (Å²) < 4.78 is 0. The first-order chi connectivity index (χ1) is 9.15. The minimum absolute atomic E-state index is 0.0344. The van der Waals surface area contributed by atoms with E-state index in [1.807, 2.05) is 0 Å². The molecule has 100 valence electrons. The van der Waals surface area contributed by atoms with E-state index in [2.05, 4.69) is 10.3 Å². The van der Waals surface area contributed by atoms with Crippen molar-refractivity contribution in [2.75, 3.05) is 26.2 Å². The summed E-state index contributed by atoms with van der Waals surface area (Å²) >= 11 is 0. The third-order valence-corrected chi connectivity index (χ3v) is 3.54. The standard InChI is InChI=1S/C12H14N4O3/c17-10-5-8(1-2-13-10)11(18)15-3-4-16-9(7-15)6-14-12(16)19/h1-2,5,9H,3-4,6-7H2,(H,13,17)(H,14,19). The number of nitrogens with one attached hydrogen (secondary N) is 2. The lowest BCUT2D eigenvalue weighted by Gasteiger charge is -2.36. The Morgan fingerprint density at radius 3 is 2.95 bits per heavy atom. The molecule has 3 heterocycles. The fraction of sp³-hybridized carbons (Fsp3) is 0.417. The molecule has 3 amide bonds. The number of fused-ring (bicyclic) bond motifs is 1. The number of aromatic amines is 1. The molecule has 2 N–H and O–H groups in total. The monoisotopic (exact) mass is 262 g/mol. The number of nitrogens with zero attached hydrogens (tertiary/aromatic N) is 2. The molecule has 0 radical (unpaired) electrons. The summed E-state index contributed by atoms with van der Waals surface area (Å²) in [5.74, 6) is -0.162. The summed E-state index contributed by atoms with van der Waals surface area (Å²) in [5.41, 5.74) is 0.0941. The number of urea groups is 1. The zero-order valence-electron chi connectivity index (χ0n) is 10.3. The zero-order chi connectivity index (χ0) is 13.4. The van der Waals surface area contributed by atoms with Gasteiger partial charge in [-0.05, 0) is 6.07 Å². The van der Waals surface area contributed by atoms with Gasteiger partial charge in [-0.25, -0.2) is 4.79 Å². The molecule has 2 saturated heterocycles. The molecule has 1 unspecified atom stereocenters. The van der Waals surface area contributed by atoms with E-state index >= 15 is 0 Å². The first kappa shape index (κ1) is 11.8. The second-order valence-electron chi connectivity index (χ2n) is 4.73. The van der Waals surface area contributed by atoms with Gasteiger partial charge in [-0.2, -0.15) is 0 Å². The molecular formula is C12H14N4O3. The van der Waals surface area contributed by atoms with Gasteiger partial charge >= 0.3 is 6.03 Å². The van der Waals surface area contributed by atoms with Gasteiger partial charge in [0.05, 0.1) is 6.04 Å². The molecule has 2 aliphatic rings. The maximum atomic E-state index is 12.3. The lowest BCUT2D eigenvalue weighted by atomic mass is 10.1. The van der Waals surface area contributed by atoms with Crippen LogP contribution in [0.3, 0.4) is 0 Å². The quantitative estimate of drug-likeness (QED) is 0.696. The predicted octanol–water partition coefficient (Wildman–Crippen LogP) is -0.775. The van der Waals surface area contributed by atoms with Crippen LogP contribution in [-0.2, 0) is 0 Å². The predicted molar refractivity (Wildman–Crippen MR) is 66.9 cm³/mol. The van der Waals surface area contributed by atoms with E-state index in [0.29, 0.717) is 31.7 Å². The van der Waals surface area contributed by atoms with Crippen molar-refractivity contribution in [1.29, 1.82) is 0 Å². The van der Waals surface area contributed by atoms with Crippen LogP contribution in [0.5, 0.6) is 0 Å². The first-order valence-electron chi connectivity index (χ1n) is 6.17. The first-order valence-corrected chi connectivity index (χ1v) is 6.17. The summed E-state index contributed by atoms with van der Waals surface area (Å²) in [7, 11) is 0. The van der Waals surface area contributed by atoms with Gasteiger partial charge in [-0.1, -0.05) is 0 Å². The molecule has 0 bridgehead atoms. The molecule has 2 fully saturated rings. The topological polar surface area (TPSA) is 85.5 Å². The van der Waals surface area contributed by atoms with E-state index in [9.17, 15) is 14.4 Å². The van der Waals surface area contributed by atoms with Crippen molar-refractivity contribution in [1.82, 2.24) is 20.1 Å². The zero-order valence-corrected chi connectivity index (χ0v) is 10.3. The molecule has 1 aromatic heterocycles. The third kappa shape index (κ3) is 2.07. The van der Waals surface area contributed by atoms with Crippen LogP contribution in [0, 0.1) is 0 Å². The van der Waals surface area contributed by atoms with Crippen LogP contribution in [-0.4, -0.2) is 58.9 Å². The van der Waals surface area contributed by atoms with Crippen molar-refractivity contribution in [3.8, 4) is 0 Å². The van der Waals surface area contributed by atoms with E-state index in [4.69, 9.17) is 0 Å². The minimum Gasteiger partial charge on any atom is -0.336 e. The van der Waals surface area contributed by atoms with Crippen LogP contribution in [0.15, 0.2) is 23.1 Å². The van der Waals surface area contributed by atoms with Gasteiger partial charge in [0, 0.05) is 44.0 Å². The van der Waals surface area contributed by atoms with E-state index in [0.717, 1.165) is 0 Å². The van der Waals surface area contributed by atoms with Crippen LogP contribution < -0.4 is 10.9 Å². The van der Waals surface area contributed by atoms with Crippen LogP contribution >= 0.6 is 0 Å². The molecule has 1 atom stereocenters. The number of H-pyrrole nitrogens is 1. The summed E-state index contributed by atoms with van der Waals surface area (Å²) in [4.78, 5) is 40.9. The van der Waals surface area contributed by atoms with Gasteiger partial charge < -0.3 is 20.1 Å². The van der Waals surface area contributed by atoms with Crippen molar-refractivity contribution in [2.24, 2.45) is 0 Å². The van der Waals surface area contributed by atoms with Crippen LogP contribution in [0.1, 0.15) is 10.4 Å². The number of carbonyl (C=O) groups is 2. The Labute approximate surface area is 109 Å². The SMILES string of the molecule is O=C(c1cc[nH]c(=O)c1)N1CCN2C(=O)NCC2C1. The Hall–Kier alpha value is -2.31. The fourth-order valence-corrected chi connectivity index (χ4v) is 2.55. The molecule has 0 saturated carbocycles. The highest BCUT2D eigenvalue weighted by Gasteiger charge is 2.36. The lowest BCUT2D eigenvalue weighted by molar-refractivity contribution is 0.0616. The Balaban J connectivity index is 1.75. The normalized spacial score (nSPS) is 22.1. The number of pyridine rings is 1. The smallest absolute Gasteiger partial charge is 0.317 e. The van der Waals surface area contributed by atoms with Crippen molar-refractivity contribution in [2.45, 2.75) is 6.04 Å². The van der Waals surface area contributed by atoms with Crippen molar-refractivity contribution >= 4 is 11.9 Å². The van der Waals surface area contributed by atoms with Crippen molar-refractivity contribution in [3.05, 3.63) is 34.2 Å². The number of carbonyl (C=O) groups excluding carboxylic acids is 2. The summed E-state index contributed by atoms with van der Waals surface area (Å²) in [6, 6.07) is 2.86. The Kier molecular flexibility index (Phi) is 2.73. The van der Waals surface area contributed by atoms with Crippen LogP contribution in [0.25, 0.3) is 0 Å². The highest BCUT2D eigenvalue weighted by molar-refractivity contribution is 5.94. The molecule has 3 rings (SSSR count). The van der Waals surface area contributed by atoms with Gasteiger partial charge in [-0.3, -0.25) is 9.59 Å². The number of amides is 3. The molecule has 2 aliphatic heterocycles. The van der Waals surface area contributed by atoms with Crippen LogP contribution in [0.4, 0.5) is 4.79 Å². The van der Waals surface area contributed by atoms with Crippen LogP contribution in [0.2, 0.25) is 0 Å². The molecule has 1 aromatic rings. The molecular weight excluding hydrogens is 248 g/mol. The highest BCUT2D eigenvalue weighted by Crippen LogP contribution is 2.15. The second-order valence-corrected chi connectivity index (χ2v) is 4.73. The van der Waals surface area contributed by atoms with Crippen molar-refractivity contribution < 1.29 is 9.59 Å². The molecule has 0 aromatic carbocycles. The average molecular weight is 262 g/mol. The highest BCUT2D eigenvalue weighted by atomic mass is 16.2.